The van der Waals surface area contributed by atoms with Crippen molar-refractivity contribution in [3.8, 4) is 5.75 Å². The van der Waals surface area contributed by atoms with Crippen molar-refractivity contribution in [2.75, 3.05) is 14.2 Å². The van der Waals surface area contributed by atoms with Crippen LogP contribution in [0.3, 0.4) is 0 Å². The number of para-hydroxylation sites is 1. The quantitative estimate of drug-likeness (QED) is 0.789. The standard InChI is InChI=1S/C16H16N2O2/c1-17-16(12-7-8-18-10-15(12)19-2)14-9-11-5-3-4-6-13(11)20-14/h3-10,16-17H,1-2H3. The average molecular weight is 268 g/mol. The lowest BCUT2D eigenvalue weighted by atomic mass is 10.0. The fourth-order valence-corrected chi connectivity index (χ4v) is 2.40. The smallest absolute Gasteiger partial charge is 0.142 e. The molecule has 0 amide bonds. The molecule has 4 heteroatoms. The molecule has 20 heavy (non-hydrogen) atoms. The van der Waals surface area contributed by atoms with Crippen molar-refractivity contribution < 1.29 is 9.15 Å². The van der Waals surface area contributed by atoms with E-state index in [1.165, 1.54) is 0 Å². The molecule has 0 fully saturated rings. The first kappa shape index (κ1) is 12.7. The molecule has 0 aliphatic rings. The van der Waals surface area contributed by atoms with Crippen LogP contribution in [0.4, 0.5) is 0 Å². The number of pyridine rings is 1. The van der Waals surface area contributed by atoms with Crippen LogP contribution in [0.15, 0.2) is 53.2 Å². The molecule has 0 aliphatic heterocycles. The molecule has 102 valence electrons. The third kappa shape index (κ3) is 2.14. The molecular formula is C16H16N2O2. The Morgan fingerprint density at radius 2 is 2.10 bits per heavy atom. The Morgan fingerprint density at radius 3 is 2.85 bits per heavy atom. The molecule has 0 saturated carbocycles. The lowest BCUT2D eigenvalue weighted by Gasteiger charge is -2.16. The zero-order valence-electron chi connectivity index (χ0n) is 11.5. The molecule has 0 radical (unpaired) electrons. The Labute approximate surface area is 117 Å². The minimum Gasteiger partial charge on any atom is -0.495 e. The van der Waals surface area contributed by atoms with Crippen molar-refractivity contribution >= 4 is 11.0 Å². The Balaban J connectivity index is 2.09. The van der Waals surface area contributed by atoms with E-state index in [1.807, 2.05) is 37.4 Å². The summed E-state index contributed by atoms with van der Waals surface area (Å²) < 4.78 is 11.3. The van der Waals surface area contributed by atoms with Gasteiger partial charge in [-0.2, -0.15) is 0 Å². The maximum Gasteiger partial charge on any atom is 0.142 e. The van der Waals surface area contributed by atoms with Gasteiger partial charge in [-0.1, -0.05) is 18.2 Å². The van der Waals surface area contributed by atoms with Gasteiger partial charge in [0.25, 0.3) is 0 Å². The monoisotopic (exact) mass is 268 g/mol. The zero-order valence-corrected chi connectivity index (χ0v) is 11.5. The maximum absolute atomic E-state index is 5.94. The maximum atomic E-state index is 5.94. The molecule has 2 heterocycles. The number of rotatable bonds is 4. The van der Waals surface area contributed by atoms with Gasteiger partial charge in [0.15, 0.2) is 0 Å². The number of nitrogens with one attached hydrogen (secondary N) is 1. The molecule has 0 bridgehead atoms. The van der Waals surface area contributed by atoms with Crippen LogP contribution in [-0.2, 0) is 0 Å². The first-order valence-electron chi connectivity index (χ1n) is 6.47. The van der Waals surface area contributed by atoms with E-state index < -0.39 is 0 Å². The number of ether oxygens (including phenoxy) is 1. The molecule has 0 spiro atoms. The van der Waals surface area contributed by atoms with Gasteiger partial charge in [0.05, 0.1) is 19.3 Å². The second-order valence-electron chi connectivity index (χ2n) is 4.53. The first-order chi connectivity index (χ1) is 9.83. The number of nitrogens with zero attached hydrogens (tertiary/aromatic N) is 1. The Hall–Kier alpha value is -2.33. The molecule has 1 unspecified atom stereocenters. The van der Waals surface area contributed by atoms with E-state index in [9.17, 15) is 0 Å². The summed E-state index contributed by atoms with van der Waals surface area (Å²) in [4.78, 5) is 4.09. The Bertz CT molecular complexity index is 688. The van der Waals surface area contributed by atoms with Crippen molar-refractivity contribution in [1.29, 1.82) is 0 Å². The lowest BCUT2D eigenvalue weighted by Crippen LogP contribution is -2.17. The minimum absolute atomic E-state index is 0.0691. The summed E-state index contributed by atoms with van der Waals surface area (Å²) in [5, 5.41) is 4.36. The van der Waals surface area contributed by atoms with Crippen LogP contribution in [0.5, 0.6) is 5.75 Å². The second-order valence-corrected chi connectivity index (χ2v) is 4.53. The summed E-state index contributed by atoms with van der Waals surface area (Å²) in [6, 6.07) is 11.9. The van der Waals surface area contributed by atoms with E-state index in [4.69, 9.17) is 9.15 Å². The van der Waals surface area contributed by atoms with Crippen LogP contribution >= 0.6 is 0 Å². The summed E-state index contributed by atoms with van der Waals surface area (Å²) in [5.41, 5.74) is 1.89. The third-order valence-corrected chi connectivity index (χ3v) is 3.37. The van der Waals surface area contributed by atoms with Crippen LogP contribution in [0.1, 0.15) is 17.4 Å². The number of methoxy groups -OCH3 is 1. The van der Waals surface area contributed by atoms with Crippen molar-refractivity contribution in [3.63, 3.8) is 0 Å². The molecule has 3 rings (SSSR count). The van der Waals surface area contributed by atoms with Gasteiger partial charge in [0.2, 0.25) is 0 Å². The highest BCUT2D eigenvalue weighted by Gasteiger charge is 2.20. The van der Waals surface area contributed by atoms with Crippen LogP contribution in [0, 0.1) is 0 Å². The van der Waals surface area contributed by atoms with Crippen molar-refractivity contribution in [2.45, 2.75) is 6.04 Å². The Morgan fingerprint density at radius 1 is 1.25 bits per heavy atom. The summed E-state index contributed by atoms with van der Waals surface area (Å²) >= 11 is 0. The molecule has 0 aliphatic carbocycles. The van der Waals surface area contributed by atoms with Crippen LogP contribution in [0.2, 0.25) is 0 Å². The van der Waals surface area contributed by atoms with E-state index >= 15 is 0 Å². The average Bonchev–Trinajstić information content (AvgIpc) is 2.92. The summed E-state index contributed by atoms with van der Waals surface area (Å²) in [6.07, 6.45) is 3.47. The summed E-state index contributed by atoms with van der Waals surface area (Å²) in [5.74, 6) is 1.60. The van der Waals surface area contributed by atoms with E-state index in [1.54, 1.807) is 19.5 Å². The van der Waals surface area contributed by atoms with E-state index in [0.29, 0.717) is 0 Å². The Kier molecular flexibility index (Phi) is 3.39. The lowest BCUT2D eigenvalue weighted by molar-refractivity contribution is 0.397. The predicted octanol–water partition coefficient (Wildman–Crippen LogP) is 3.15. The van der Waals surface area contributed by atoms with Crippen molar-refractivity contribution in [1.82, 2.24) is 10.3 Å². The molecule has 4 nitrogen and oxygen atoms in total. The molecular weight excluding hydrogens is 252 g/mol. The van der Waals surface area contributed by atoms with Crippen LogP contribution in [-0.4, -0.2) is 19.1 Å². The minimum atomic E-state index is -0.0691. The molecule has 1 aromatic carbocycles. The van der Waals surface area contributed by atoms with Crippen LogP contribution in [0.25, 0.3) is 11.0 Å². The van der Waals surface area contributed by atoms with E-state index in [0.717, 1.165) is 28.0 Å². The number of fused-ring (bicyclic) bond motifs is 1. The zero-order chi connectivity index (χ0) is 13.9. The second kappa shape index (κ2) is 5.35. The number of hydrogen-bond donors (Lipinski definition) is 1. The fraction of sp³-hybridized carbons (Fsp3) is 0.188. The molecule has 3 aromatic rings. The van der Waals surface area contributed by atoms with Crippen molar-refractivity contribution in [2.24, 2.45) is 0 Å². The van der Waals surface area contributed by atoms with Gasteiger partial charge in [0.1, 0.15) is 17.1 Å². The van der Waals surface area contributed by atoms with Gasteiger partial charge >= 0.3 is 0 Å². The summed E-state index contributed by atoms with van der Waals surface area (Å²) in [7, 11) is 3.55. The highest BCUT2D eigenvalue weighted by atomic mass is 16.5. The SMILES string of the molecule is CNC(c1cc2ccccc2o1)c1ccncc1OC. The number of hydrogen-bond acceptors (Lipinski definition) is 4. The summed E-state index contributed by atoms with van der Waals surface area (Å²) in [6.45, 7) is 0. The molecule has 1 N–H and O–H groups in total. The largest absolute Gasteiger partial charge is 0.495 e. The molecule has 0 saturated heterocycles. The van der Waals surface area contributed by atoms with Gasteiger partial charge in [-0.05, 0) is 25.2 Å². The highest BCUT2D eigenvalue weighted by Crippen LogP contribution is 2.32. The normalized spacial score (nSPS) is 12.5. The fourth-order valence-electron chi connectivity index (χ4n) is 2.40. The molecule has 1 atom stereocenters. The predicted molar refractivity (Wildman–Crippen MR) is 77.9 cm³/mol. The van der Waals surface area contributed by atoms with Crippen LogP contribution < -0.4 is 10.1 Å². The number of furan rings is 1. The van der Waals surface area contributed by atoms with Gasteiger partial charge in [-0.25, -0.2) is 0 Å². The van der Waals surface area contributed by atoms with Gasteiger partial charge < -0.3 is 14.5 Å². The first-order valence-corrected chi connectivity index (χ1v) is 6.47. The number of benzene rings is 1. The van der Waals surface area contributed by atoms with Gasteiger partial charge in [-0.15, -0.1) is 0 Å². The van der Waals surface area contributed by atoms with Gasteiger partial charge in [-0.3, -0.25) is 4.98 Å². The van der Waals surface area contributed by atoms with E-state index in [-0.39, 0.29) is 6.04 Å². The third-order valence-electron chi connectivity index (χ3n) is 3.37. The topological polar surface area (TPSA) is 47.3 Å². The highest BCUT2D eigenvalue weighted by molar-refractivity contribution is 5.78. The number of aromatic nitrogens is 1. The molecule has 2 aromatic heterocycles. The van der Waals surface area contributed by atoms with Crippen molar-refractivity contribution in [3.05, 3.63) is 60.1 Å². The van der Waals surface area contributed by atoms with E-state index in [2.05, 4.69) is 16.4 Å². The van der Waals surface area contributed by atoms with Gasteiger partial charge in [0, 0.05) is 17.1 Å².